The number of nitrogens with one attached hydrogen (secondary N) is 3. The number of urea groups is 1. The minimum atomic E-state index is -3.97. The van der Waals surface area contributed by atoms with Gasteiger partial charge in [-0.05, 0) is 62.1 Å². The molecule has 1 aliphatic heterocycles. The van der Waals surface area contributed by atoms with Crippen molar-refractivity contribution in [3.8, 4) is 0 Å². The Balaban J connectivity index is 1.65. The molecule has 2 atom stereocenters. The molecule has 246 valence electrons. The molecule has 0 unspecified atom stereocenters. The van der Waals surface area contributed by atoms with E-state index in [4.69, 9.17) is 9.57 Å². The summed E-state index contributed by atoms with van der Waals surface area (Å²) in [6.45, 7) is 6.81. The van der Waals surface area contributed by atoms with E-state index in [1.807, 2.05) is 74.5 Å². The highest BCUT2D eigenvalue weighted by atomic mass is 32.2. The number of aryl methyl sites for hydroxylation is 1. The van der Waals surface area contributed by atoms with E-state index in [-0.39, 0.29) is 30.4 Å². The highest BCUT2D eigenvalue weighted by Gasteiger charge is 2.31. The van der Waals surface area contributed by atoms with Crippen molar-refractivity contribution in [1.29, 1.82) is 0 Å². The molecule has 0 spiro atoms. The van der Waals surface area contributed by atoms with E-state index >= 15 is 0 Å². The van der Waals surface area contributed by atoms with E-state index in [0.717, 1.165) is 16.5 Å². The molecular formula is C33H46N4O7S. The first-order valence-corrected chi connectivity index (χ1v) is 17.0. The first kappa shape index (κ1) is 35.7. The molecule has 3 amide bonds. The lowest BCUT2D eigenvalue weighted by atomic mass is 9.97. The monoisotopic (exact) mass is 642 g/mol. The Morgan fingerprint density at radius 3 is 2.18 bits per heavy atom. The van der Waals surface area contributed by atoms with Gasteiger partial charge in [0.2, 0.25) is 5.91 Å². The zero-order chi connectivity index (χ0) is 32.7. The molecular weight excluding hydrogens is 596 g/mol. The topological polar surface area (TPSA) is 143 Å². The summed E-state index contributed by atoms with van der Waals surface area (Å²) in [6.07, 6.45) is 3.82. The van der Waals surface area contributed by atoms with Crippen LogP contribution in [0.5, 0.6) is 0 Å². The van der Waals surface area contributed by atoms with Crippen LogP contribution < -0.4 is 15.5 Å². The predicted molar refractivity (Wildman–Crippen MR) is 172 cm³/mol. The van der Waals surface area contributed by atoms with Crippen LogP contribution in [0, 0.1) is 11.8 Å². The summed E-state index contributed by atoms with van der Waals surface area (Å²) in [4.78, 5) is 47.7. The van der Waals surface area contributed by atoms with E-state index in [1.54, 1.807) is 11.8 Å². The number of hydrogen-bond acceptors (Lipinski definition) is 7. The number of carbonyl (C=O) groups excluding carboxylic acids is 3. The number of benzene rings is 2. The van der Waals surface area contributed by atoms with Crippen molar-refractivity contribution in [3.63, 3.8) is 0 Å². The molecule has 11 nitrogen and oxygen atoms in total. The van der Waals surface area contributed by atoms with E-state index < -0.39 is 28.0 Å². The standard InChI is InChI=1S/C33H46N4O7S/c1-4-43-32(39)28-17-20-37(21-18-28)33(40)35-30(23-25(2)3)31(38)34-29(16-15-26-11-7-5-8-12-26)19-22-45(41,42)36-44-24-27-13-9-6-10-14-27/h5-14,19,22,25,28-30,36H,4,15-18,20-21,23-24H2,1-3H3,(H,34,38)(H,35,40)/b22-19+/t29-,30-/m0/s1. The lowest BCUT2D eigenvalue weighted by Crippen LogP contribution is -2.54. The number of piperidine rings is 1. The number of ether oxygens (including phenoxy) is 1. The fourth-order valence-corrected chi connectivity index (χ4v) is 5.66. The third kappa shape index (κ3) is 13.0. The molecule has 0 radical (unpaired) electrons. The Morgan fingerprint density at radius 1 is 0.956 bits per heavy atom. The second-order valence-electron chi connectivity index (χ2n) is 11.5. The first-order valence-electron chi connectivity index (χ1n) is 15.5. The van der Waals surface area contributed by atoms with Crippen LogP contribution in [0.25, 0.3) is 0 Å². The smallest absolute Gasteiger partial charge is 0.318 e. The maximum atomic E-state index is 13.6. The maximum Gasteiger partial charge on any atom is 0.318 e. The number of amides is 3. The minimum Gasteiger partial charge on any atom is -0.466 e. The zero-order valence-corrected chi connectivity index (χ0v) is 27.1. The van der Waals surface area contributed by atoms with Gasteiger partial charge in [0.1, 0.15) is 6.04 Å². The van der Waals surface area contributed by atoms with Crippen LogP contribution in [-0.2, 0) is 42.2 Å². The molecule has 0 bridgehead atoms. The van der Waals surface area contributed by atoms with Gasteiger partial charge >= 0.3 is 12.0 Å². The summed E-state index contributed by atoms with van der Waals surface area (Å²) in [7, 11) is -3.97. The number of rotatable bonds is 16. The van der Waals surface area contributed by atoms with Crippen molar-refractivity contribution in [3.05, 3.63) is 83.3 Å². The summed E-state index contributed by atoms with van der Waals surface area (Å²) in [5.74, 6) is -0.799. The number of carbonyl (C=O) groups is 3. The maximum absolute atomic E-state index is 13.6. The van der Waals surface area contributed by atoms with Gasteiger partial charge in [0.15, 0.2) is 0 Å². The van der Waals surface area contributed by atoms with Crippen molar-refractivity contribution in [2.45, 2.75) is 71.6 Å². The summed E-state index contributed by atoms with van der Waals surface area (Å²) in [5, 5.41) is 6.79. The van der Waals surface area contributed by atoms with Gasteiger partial charge in [0, 0.05) is 24.5 Å². The van der Waals surface area contributed by atoms with E-state index in [2.05, 4.69) is 15.5 Å². The Hall–Kier alpha value is -3.74. The van der Waals surface area contributed by atoms with Gasteiger partial charge in [-0.2, -0.15) is 0 Å². The van der Waals surface area contributed by atoms with Crippen molar-refractivity contribution >= 4 is 27.9 Å². The van der Waals surface area contributed by atoms with Crippen LogP contribution in [-0.4, -0.2) is 63.0 Å². The van der Waals surface area contributed by atoms with Crippen LogP contribution >= 0.6 is 0 Å². The van der Waals surface area contributed by atoms with Crippen molar-refractivity contribution in [2.75, 3.05) is 19.7 Å². The third-order valence-corrected chi connectivity index (χ3v) is 8.25. The first-order chi connectivity index (χ1) is 21.6. The highest BCUT2D eigenvalue weighted by Crippen LogP contribution is 2.19. The molecule has 1 fully saturated rings. The van der Waals surface area contributed by atoms with Crippen LogP contribution in [0.15, 0.2) is 72.1 Å². The molecule has 2 aromatic carbocycles. The molecule has 1 aliphatic rings. The average molecular weight is 643 g/mol. The van der Waals surface area contributed by atoms with Crippen molar-refractivity contribution < 1.29 is 32.4 Å². The number of hydrogen-bond donors (Lipinski definition) is 3. The molecule has 0 saturated carbocycles. The molecule has 1 heterocycles. The molecule has 12 heteroatoms. The fourth-order valence-electron chi connectivity index (χ4n) is 4.98. The summed E-state index contributed by atoms with van der Waals surface area (Å²) in [5.41, 5.74) is 1.84. The van der Waals surface area contributed by atoms with Gasteiger partial charge in [0.25, 0.3) is 10.0 Å². The zero-order valence-electron chi connectivity index (χ0n) is 26.3. The van der Waals surface area contributed by atoms with Gasteiger partial charge in [-0.15, -0.1) is 0 Å². The second kappa shape index (κ2) is 18.3. The average Bonchev–Trinajstić information content (AvgIpc) is 3.03. The number of esters is 1. The third-order valence-electron chi connectivity index (χ3n) is 7.38. The lowest BCUT2D eigenvalue weighted by molar-refractivity contribution is -0.149. The fraction of sp³-hybridized carbons (Fsp3) is 0.485. The Labute approximate surface area is 266 Å². The van der Waals surface area contributed by atoms with E-state index in [0.29, 0.717) is 51.8 Å². The van der Waals surface area contributed by atoms with Gasteiger partial charge in [-0.3, -0.25) is 14.4 Å². The van der Waals surface area contributed by atoms with Crippen LogP contribution in [0.4, 0.5) is 4.79 Å². The number of likely N-dealkylation sites (tertiary alicyclic amines) is 1. The number of sulfonamides is 1. The predicted octanol–water partition coefficient (Wildman–Crippen LogP) is 4.07. The van der Waals surface area contributed by atoms with E-state index in [9.17, 15) is 22.8 Å². The summed E-state index contributed by atoms with van der Waals surface area (Å²) >= 11 is 0. The molecule has 1 saturated heterocycles. The largest absolute Gasteiger partial charge is 0.466 e. The van der Waals surface area contributed by atoms with Crippen molar-refractivity contribution in [1.82, 2.24) is 20.4 Å². The normalized spacial score (nSPS) is 15.5. The second-order valence-corrected chi connectivity index (χ2v) is 13.0. The Bertz CT molecular complexity index is 1350. The number of nitrogens with zero attached hydrogens (tertiary/aromatic N) is 1. The Morgan fingerprint density at radius 2 is 1.58 bits per heavy atom. The van der Waals surface area contributed by atoms with Gasteiger partial charge < -0.3 is 20.3 Å². The van der Waals surface area contributed by atoms with Gasteiger partial charge in [-0.1, -0.05) is 79.4 Å². The molecule has 3 rings (SSSR count). The van der Waals surface area contributed by atoms with Crippen LogP contribution in [0.2, 0.25) is 0 Å². The molecule has 0 aliphatic carbocycles. The lowest BCUT2D eigenvalue weighted by Gasteiger charge is -2.32. The van der Waals surface area contributed by atoms with Crippen molar-refractivity contribution in [2.24, 2.45) is 11.8 Å². The summed E-state index contributed by atoms with van der Waals surface area (Å²) < 4.78 is 30.4. The van der Waals surface area contributed by atoms with E-state index in [1.165, 1.54) is 6.08 Å². The van der Waals surface area contributed by atoms with Gasteiger partial charge in [0.05, 0.1) is 19.1 Å². The quantitative estimate of drug-likeness (QED) is 0.185. The van der Waals surface area contributed by atoms with Crippen LogP contribution in [0.1, 0.15) is 57.6 Å². The minimum absolute atomic E-state index is 0.0547. The van der Waals surface area contributed by atoms with Crippen LogP contribution in [0.3, 0.4) is 0 Å². The van der Waals surface area contributed by atoms with Gasteiger partial charge in [-0.25, -0.2) is 13.2 Å². The summed E-state index contributed by atoms with van der Waals surface area (Å²) in [6, 6.07) is 17.0. The Kier molecular flexibility index (Phi) is 14.5. The molecule has 45 heavy (non-hydrogen) atoms. The molecule has 3 N–H and O–H groups in total. The SMILES string of the molecule is CCOC(=O)C1CCN(C(=O)N[C@@H](CC(C)C)C(=O)N[C@H](/C=C/S(=O)(=O)NOCc2ccccc2)CCc2ccccc2)CC1. The molecule has 2 aromatic rings. The highest BCUT2D eigenvalue weighted by molar-refractivity contribution is 7.92. The molecule has 0 aromatic heterocycles.